The van der Waals surface area contributed by atoms with Crippen LogP contribution in [0.25, 0.3) is 0 Å². The van der Waals surface area contributed by atoms with Crippen LogP contribution in [0.15, 0.2) is 23.1 Å². The minimum atomic E-state index is 0.667. The molecular weight excluding hydrogens is 198 g/mol. The Morgan fingerprint density at radius 3 is 2.64 bits per heavy atom. The van der Waals surface area contributed by atoms with Gasteiger partial charge >= 0.3 is 0 Å². The zero-order chi connectivity index (χ0) is 10.4. The van der Waals surface area contributed by atoms with Crippen LogP contribution in [0.3, 0.4) is 0 Å². The quantitative estimate of drug-likeness (QED) is 0.757. The number of hydrogen-bond donors (Lipinski definition) is 1. The average Bonchev–Trinajstić information content (AvgIpc) is 2.26. The third-order valence-electron chi connectivity index (χ3n) is 1.75. The first-order chi connectivity index (χ1) is 6.81. The maximum atomic E-state index is 5.44. The van der Waals surface area contributed by atoms with E-state index >= 15 is 0 Å². The maximum absolute atomic E-state index is 5.44. The number of methoxy groups -OCH3 is 2. The van der Waals surface area contributed by atoms with E-state index in [9.17, 15) is 0 Å². The van der Waals surface area contributed by atoms with Gasteiger partial charge in [-0.3, -0.25) is 0 Å². The molecule has 0 aliphatic heterocycles. The SMILES string of the molecule is COc1ccc(SCCN)c(OC)c1. The van der Waals surface area contributed by atoms with Gasteiger partial charge in [0.15, 0.2) is 0 Å². The molecule has 0 saturated carbocycles. The lowest BCUT2D eigenvalue weighted by Gasteiger charge is -2.09. The summed E-state index contributed by atoms with van der Waals surface area (Å²) in [6.45, 7) is 0.667. The molecule has 0 heterocycles. The van der Waals surface area contributed by atoms with Crippen molar-refractivity contribution in [3.8, 4) is 11.5 Å². The van der Waals surface area contributed by atoms with Gasteiger partial charge in [0.2, 0.25) is 0 Å². The van der Waals surface area contributed by atoms with Gasteiger partial charge in [0.1, 0.15) is 11.5 Å². The molecule has 0 spiro atoms. The van der Waals surface area contributed by atoms with Gasteiger partial charge in [-0.25, -0.2) is 0 Å². The summed E-state index contributed by atoms with van der Waals surface area (Å²) in [6, 6.07) is 5.78. The minimum Gasteiger partial charge on any atom is -0.497 e. The van der Waals surface area contributed by atoms with Gasteiger partial charge in [0.25, 0.3) is 0 Å². The highest BCUT2D eigenvalue weighted by Crippen LogP contribution is 2.32. The second-order valence-electron chi connectivity index (χ2n) is 2.65. The van der Waals surface area contributed by atoms with Crippen molar-refractivity contribution in [2.75, 3.05) is 26.5 Å². The molecule has 0 atom stereocenters. The van der Waals surface area contributed by atoms with E-state index in [-0.39, 0.29) is 0 Å². The molecule has 0 amide bonds. The standard InChI is InChI=1S/C10H15NO2S/c1-12-8-3-4-10(14-6-5-11)9(7-8)13-2/h3-4,7H,5-6,11H2,1-2H3. The fraction of sp³-hybridized carbons (Fsp3) is 0.400. The van der Waals surface area contributed by atoms with Gasteiger partial charge in [-0.2, -0.15) is 0 Å². The molecule has 0 unspecified atom stereocenters. The Bertz CT molecular complexity index is 291. The Morgan fingerprint density at radius 1 is 1.29 bits per heavy atom. The Morgan fingerprint density at radius 2 is 2.07 bits per heavy atom. The third-order valence-corrected chi connectivity index (χ3v) is 2.83. The van der Waals surface area contributed by atoms with Crippen LogP contribution in [-0.2, 0) is 0 Å². The molecule has 3 nitrogen and oxygen atoms in total. The van der Waals surface area contributed by atoms with E-state index in [1.54, 1.807) is 26.0 Å². The predicted molar refractivity (Wildman–Crippen MR) is 59.3 cm³/mol. The average molecular weight is 213 g/mol. The van der Waals surface area contributed by atoms with Crippen molar-refractivity contribution in [2.45, 2.75) is 4.90 Å². The zero-order valence-electron chi connectivity index (χ0n) is 8.45. The van der Waals surface area contributed by atoms with Gasteiger partial charge in [-0.15, -0.1) is 11.8 Å². The monoisotopic (exact) mass is 213 g/mol. The number of benzene rings is 1. The molecule has 1 rings (SSSR count). The van der Waals surface area contributed by atoms with Gasteiger partial charge in [0, 0.05) is 23.3 Å². The fourth-order valence-corrected chi connectivity index (χ4v) is 1.85. The largest absolute Gasteiger partial charge is 0.497 e. The maximum Gasteiger partial charge on any atom is 0.136 e. The van der Waals surface area contributed by atoms with Crippen molar-refractivity contribution >= 4 is 11.8 Å². The van der Waals surface area contributed by atoms with E-state index < -0.39 is 0 Å². The second-order valence-corrected chi connectivity index (χ2v) is 3.79. The summed E-state index contributed by atoms with van der Waals surface area (Å²) >= 11 is 1.69. The number of rotatable bonds is 5. The Hall–Kier alpha value is -0.870. The Balaban J connectivity index is 2.82. The molecule has 0 saturated heterocycles. The van der Waals surface area contributed by atoms with Gasteiger partial charge < -0.3 is 15.2 Å². The smallest absolute Gasteiger partial charge is 0.136 e. The van der Waals surface area contributed by atoms with Crippen LogP contribution in [0, 0.1) is 0 Å². The van der Waals surface area contributed by atoms with Crippen molar-refractivity contribution in [1.82, 2.24) is 0 Å². The van der Waals surface area contributed by atoms with Gasteiger partial charge in [0.05, 0.1) is 14.2 Å². The molecule has 0 radical (unpaired) electrons. The van der Waals surface area contributed by atoms with Crippen LogP contribution in [0.5, 0.6) is 11.5 Å². The molecule has 0 bridgehead atoms. The van der Waals surface area contributed by atoms with E-state index in [0.29, 0.717) is 6.54 Å². The van der Waals surface area contributed by atoms with Crippen LogP contribution in [-0.4, -0.2) is 26.5 Å². The highest BCUT2D eigenvalue weighted by atomic mass is 32.2. The number of nitrogens with two attached hydrogens (primary N) is 1. The lowest BCUT2D eigenvalue weighted by Crippen LogP contribution is -2.01. The molecule has 0 fully saturated rings. The van der Waals surface area contributed by atoms with E-state index in [4.69, 9.17) is 15.2 Å². The molecule has 0 aromatic heterocycles. The molecule has 14 heavy (non-hydrogen) atoms. The van der Waals surface area contributed by atoms with Crippen LogP contribution < -0.4 is 15.2 Å². The van der Waals surface area contributed by atoms with Crippen LogP contribution in [0.1, 0.15) is 0 Å². The van der Waals surface area contributed by atoms with Crippen molar-refractivity contribution < 1.29 is 9.47 Å². The van der Waals surface area contributed by atoms with Crippen LogP contribution in [0.2, 0.25) is 0 Å². The second kappa shape index (κ2) is 5.78. The summed E-state index contributed by atoms with van der Waals surface area (Å²) in [6.07, 6.45) is 0. The van der Waals surface area contributed by atoms with Crippen molar-refractivity contribution in [3.05, 3.63) is 18.2 Å². The third kappa shape index (κ3) is 2.82. The molecule has 1 aromatic rings. The fourth-order valence-electron chi connectivity index (χ4n) is 1.06. The molecule has 0 aliphatic rings. The van der Waals surface area contributed by atoms with E-state index in [2.05, 4.69) is 0 Å². The molecular formula is C10H15NO2S. The number of hydrogen-bond acceptors (Lipinski definition) is 4. The summed E-state index contributed by atoms with van der Waals surface area (Å²) in [4.78, 5) is 1.10. The molecule has 2 N–H and O–H groups in total. The first kappa shape index (κ1) is 11.2. The highest BCUT2D eigenvalue weighted by Gasteiger charge is 2.04. The predicted octanol–water partition coefficient (Wildman–Crippen LogP) is 1.75. The summed E-state index contributed by atoms with van der Waals surface area (Å²) in [5.41, 5.74) is 5.44. The minimum absolute atomic E-state index is 0.667. The first-order valence-electron chi connectivity index (χ1n) is 4.36. The molecule has 1 aromatic carbocycles. The Kier molecular flexibility index (Phi) is 4.62. The molecule has 4 heteroatoms. The highest BCUT2D eigenvalue weighted by molar-refractivity contribution is 7.99. The van der Waals surface area contributed by atoms with Crippen molar-refractivity contribution in [2.24, 2.45) is 5.73 Å². The number of thioether (sulfide) groups is 1. The molecule has 78 valence electrons. The summed E-state index contributed by atoms with van der Waals surface area (Å²) in [5, 5.41) is 0. The van der Waals surface area contributed by atoms with Gasteiger partial charge in [-0.1, -0.05) is 0 Å². The first-order valence-corrected chi connectivity index (χ1v) is 5.35. The zero-order valence-corrected chi connectivity index (χ0v) is 9.26. The lowest BCUT2D eigenvalue weighted by atomic mass is 10.3. The van der Waals surface area contributed by atoms with E-state index in [1.165, 1.54) is 0 Å². The van der Waals surface area contributed by atoms with Crippen molar-refractivity contribution in [3.63, 3.8) is 0 Å². The van der Waals surface area contributed by atoms with Gasteiger partial charge in [-0.05, 0) is 12.1 Å². The topological polar surface area (TPSA) is 44.5 Å². The van der Waals surface area contributed by atoms with E-state index in [1.807, 2.05) is 18.2 Å². The lowest BCUT2D eigenvalue weighted by molar-refractivity contribution is 0.387. The molecule has 0 aliphatic carbocycles. The van der Waals surface area contributed by atoms with Crippen molar-refractivity contribution in [1.29, 1.82) is 0 Å². The Labute approximate surface area is 88.6 Å². The van der Waals surface area contributed by atoms with Crippen LogP contribution in [0.4, 0.5) is 0 Å². The van der Waals surface area contributed by atoms with Crippen LogP contribution >= 0.6 is 11.8 Å². The summed E-state index contributed by atoms with van der Waals surface area (Å²) in [5.74, 6) is 2.53. The van der Waals surface area contributed by atoms with E-state index in [0.717, 1.165) is 22.1 Å². The summed E-state index contributed by atoms with van der Waals surface area (Å²) < 4.78 is 10.3. The number of ether oxygens (including phenoxy) is 2. The normalized spacial score (nSPS) is 9.93. The summed E-state index contributed by atoms with van der Waals surface area (Å²) in [7, 11) is 3.29.